The molecule has 6 nitrogen and oxygen atoms in total. The van der Waals surface area contributed by atoms with Crippen LogP contribution in [0.3, 0.4) is 0 Å². The van der Waals surface area contributed by atoms with Crippen LogP contribution < -0.4 is 14.9 Å². The molecule has 4 atom stereocenters. The van der Waals surface area contributed by atoms with Gasteiger partial charge in [-0.05, 0) is 47.0 Å². The minimum Gasteiger partial charge on any atom is -0.488 e. The number of methoxy groups -OCH3 is 2. The van der Waals surface area contributed by atoms with Gasteiger partial charge in [-0.2, -0.15) is 0 Å². The first kappa shape index (κ1) is 27.9. The Morgan fingerprint density at radius 3 is 2.35 bits per heavy atom. The number of aliphatic hydroxyl groups is 1. The lowest BCUT2D eigenvalue weighted by atomic mass is 9.86. The second-order valence-electron chi connectivity index (χ2n) is 10.2. The van der Waals surface area contributed by atoms with E-state index in [1.807, 2.05) is 13.8 Å². The van der Waals surface area contributed by atoms with Crippen molar-refractivity contribution in [3.8, 4) is 11.6 Å². The lowest BCUT2D eigenvalue weighted by Crippen LogP contribution is -2.35. The van der Waals surface area contributed by atoms with Gasteiger partial charge in [-0.1, -0.05) is 55.7 Å². The fourth-order valence-electron chi connectivity index (χ4n) is 4.81. The normalized spacial score (nSPS) is 23.2. The van der Waals surface area contributed by atoms with Gasteiger partial charge in [0.2, 0.25) is 17.1 Å². The van der Waals surface area contributed by atoms with Gasteiger partial charge in [-0.3, -0.25) is 4.79 Å². The second-order valence-corrected chi connectivity index (χ2v) is 10.2. The summed E-state index contributed by atoms with van der Waals surface area (Å²) in [6.07, 6.45) is 7.44. The van der Waals surface area contributed by atoms with Gasteiger partial charge >= 0.3 is 0 Å². The van der Waals surface area contributed by atoms with Crippen molar-refractivity contribution in [1.82, 2.24) is 4.98 Å². The highest BCUT2D eigenvalue weighted by Gasteiger charge is 2.59. The molecule has 0 bridgehead atoms. The van der Waals surface area contributed by atoms with E-state index < -0.39 is 11.7 Å². The topological polar surface area (TPSA) is 84.1 Å². The quantitative estimate of drug-likeness (QED) is 0.259. The van der Waals surface area contributed by atoms with E-state index in [1.165, 1.54) is 25.4 Å². The monoisotopic (exact) mass is 473 g/mol. The molecule has 2 N–H and O–H groups in total. The largest absolute Gasteiger partial charge is 0.488 e. The van der Waals surface area contributed by atoms with Crippen LogP contribution >= 0.6 is 0 Å². The molecule has 0 saturated carbocycles. The van der Waals surface area contributed by atoms with Crippen LogP contribution in [0.1, 0.15) is 66.1 Å². The molecule has 1 aromatic rings. The van der Waals surface area contributed by atoms with Gasteiger partial charge in [-0.15, -0.1) is 0 Å². The second kappa shape index (κ2) is 11.4. The minimum absolute atomic E-state index is 0.000657. The van der Waals surface area contributed by atoms with Crippen molar-refractivity contribution in [2.75, 3.05) is 14.2 Å². The number of nitrogens with one attached hydrogen (secondary N) is 1. The zero-order valence-corrected chi connectivity index (χ0v) is 22.5. The number of allylic oxidation sites excluding steroid dienone is 5. The summed E-state index contributed by atoms with van der Waals surface area (Å²) < 4.78 is 16.3. The van der Waals surface area contributed by atoms with E-state index in [0.29, 0.717) is 23.8 Å². The Hall–Kier alpha value is -2.31. The van der Waals surface area contributed by atoms with E-state index in [2.05, 4.69) is 57.8 Å². The Bertz CT molecular complexity index is 1020. The Morgan fingerprint density at radius 1 is 1.18 bits per heavy atom. The van der Waals surface area contributed by atoms with Gasteiger partial charge in [0.15, 0.2) is 0 Å². The van der Waals surface area contributed by atoms with E-state index in [-0.39, 0.29) is 23.2 Å². The highest BCUT2D eigenvalue weighted by atomic mass is 16.6. The molecular weight excluding hydrogens is 430 g/mol. The summed E-state index contributed by atoms with van der Waals surface area (Å²) in [4.78, 5) is 15.7. The Balaban J connectivity index is 2.05. The SMILES string of the molecule is COc1[nH]c(C/C=C(\C)C/C(C)=C/C(C)=C/C(C)C(O)C2(C)OC2C(C)C)c(C)c(=O)c1OC. The summed E-state index contributed by atoms with van der Waals surface area (Å²) in [6.45, 7) is 16.4. The Labute approximate surface area is 204 Å². The number of pyridine rings is 1. The van der Waals surface area contributed by atoms with Gasteiger partial charge in [-0.25, -0.2) is 0 Å². The number of H-pyrrole nitrogens is 1. The van der Waals surface area contributed by atoms with Crippen molar-refractivity contribution >= 4 is 0 Å². The van der Waals surface area contributed by atoms with Gasteiger partial charge in [0.1, 0.15) is 5.60 Å². The molecule has 1 aliphatic rings. The van der Waals surface area contributed by atoms with Crippen LogP contribution in [0.15, 0.2) is 39.7 Å². The molecule has 34 heavy (non-hydrogen) atoms. The first-order valence-electron chi connectivity index (χ1n) is 12.1. The summed E-state index contributed by atoms with van der Waals surface area (Å²) in [6, 6.07) is 0. The standard InChI is InChI=1S/C28H43NO5/c1-16(2)26-28(8,34-26)25(31)20(6)15-19(5)14-18(4)13-17(3)11-12-22-21(7)23(30)24(32-9)27(29-22)33-10/h11,14-16,20,25-26,31H,12-13H2,1-10H3,(H,29,30)/b17-11+,18-14+,19-15+. The maximum atomic E-state index is 12.5. The minimum atomic E-state index is -0.530. The fraction of sp³-hybridized carbons (Fsp3) is 0.607. The van der Waals surface area contributed by atoms with Crippen molar-refractivity contribution in [2.45, 2.75) is 86.0 Å². The lowest BCUT2D eigenvalue weighted by Gasteiger charge is -2.21. The van der Waals surface area contributed by atoms with E-state index in [4.69, 9.17) is 14.2 Å². The Morgan fingerprint density at radius 2 is 1.82 bits per heavy atom. The molecule has 0 radical (unpaired) electrons. The van der Waals surface area contributed by atoms with Crippen molar-refractivity contribution < 1.29 is 19.3 Å². The number of hydrogen-bond donors (Lipinski definition) is 2. The molecule has 1 saturated heterocycles. The van der Waals surface area contributed by atoms with Crippen LogP contribution in [-0.4, -0.2) is 42.1 Å². The zero-order valence-electron chi connectivity index (χ0n) is 22.5. The molecule has 1 fully saturated rings. The molecule has 2 heterocycles. The van der Waals surface area contributed by atoms with Gasteiger partial charge in [0, 0.05) is 23.6 Å². The number of aromatic amines is 1. The van der Waals surface area contributed by atoms with Gasteiger partial charge < -0.3 is 24.3 Å². The predicted molar refractivity (Wildman–Crippen MR) is 138 cm³/mol. The average molecular weight is 474 g/mol. The summed E-state index contributed by atoms with van der Waals surface area (Å²) in [7, 11) is 2.98. The number of epoxide rings is 1. The van der Waals surface area contributed by atoms with Gasteiger partial charge in [0.05, 0.1) is 26.4 Å². The highest BCUT2D eigenvalue weighted by molar-refractivity contribution is 5.40. The summed E-state index contributed by atoms with van der Waals surface area (Å²) in [5.74, 6) is 0.943. The average Bonchev–Trinajstić information content (AvgIpc) is 3.46. The van der Waals surface area contributed by atoms with E-state index >= 15 is 0 Å². The lowest BCUT2D eigenvalue weighted by molar-refractivity contribution is 0.0563. The number of rotatable bonds is 11. The van der Waals surface area contributed by atoms with Crippen molar-refractivity contribution in [1.29, 1.82) is 0 Å². The molecule has 1 aliphatic heterocycles. The van der Waals surface area contributed by atoms with E-state index in [1.54, 1.807) is 6.92 Å². The highest BCUT2D eigenvalue weighted by Crippen LogP contribution is 2.46. The van der Waals surface area contributed by atoms with Crippen molar-refractivity contribution in [3.05, 3.63) is 56.4 Å². The van der Waals surface area contributed by atoms with Crippen molar-refractivity contribution in [2.24, 2.45) is 11.8 Å². The molecule has 6 heteroatoms. The van der Waals surface area contributed by atoms with E-state index in [0.717, 1.165) is 17.7 Å². The summed E-state index contributed by atoms with van der Waals surface area (Å²) in [5, 5.41) is 10.8. The van der Waals surface area contributed by atoms with Crippen LogP contribution in [0.4, 0.5) is 0 Å². The summed E-state index contributed by atoms with van der Waals surface area (Å²) >= 11 is 0. The van der Waals surface area contributed by atoms with Crippen LogP contribution in [0.5, 0.6) is 11.6 Å². The number of aliphatic hydroxyl groups excluding tert-OH is 1. The first-order valence-corrected chi connectivity index (χ1v) is 12.1. The third-order valence-corrected chi connectivity index (χ3v) is 6.67. The van der Waals surface area contributed by atoms with Crippen molar-refractivity contribution in [3.63, 3.8) is 0 Å². The Kier molecular flexibility index (Phi) is 9.37. The molecule has 2 rings (SSSR count). The van der Waals surface area contributed by atoms with Crippen LogP contribution in [0.2, 0.25) is 0 Å². The first-order chi connectivity index (χ1) is 15.8. The molecule has 0 amide bonds. The molecule has 0 spiro atoms. The molecule has 0 aromatic carbocycles. The van der Waals surface area contributed by atoms with E-state index in [9.17, 15) is 9.90 Å². The predicted octanol–water partition coefficient (Wildman–Crippen LogP) is 5.28. The maximum absolute atomic E-state index is 12.5. The number of aromatic nitrogens is 1. The molecular formula is C28H43NO5. The fourth-order valence-corrected chi connectivity index (χ4v) is 4.81. The number of ether oxygens (including phenoxy) is 3. The third-order valence-electron chi connectivity index (χ3n) is 6.67. The summed E-state index contributed by atoms with van der Waals surface area (Å²) in [5.41, 5.74) is 4.41. The zero-order chi connectivity index (χ0) is 25.8. The smallest absolute Gasteiger partial charge is 0.238 e. The molecule has 1 aromatic heterocycles. The molecule has 190 valence electrons. The molecule has 4 unspecified atom stereocenters. The van der Waals surface area contributed by atoms with Crippen LogP contribution in [-0.2, 0) is 11.2 Å². The van der Waals surface area contributed by atoms with Gasteiger partial charge in [0.25, 0.3) is 0 Å². The van der Waals surface area contributed by atoms with Crippen LogP contribution in [0.25, 0.3) is 0 Å². The third kappa shape index (κ3) is 6.42. The molecule has 0 aliphatic carbocycles. The number of hydrogen-bond acceptors (Lipinski definition) is 5. The van der Waals surface area contributed by atoms with Crippen LogP contribution in [0, 0.1) is 18.8 Å². The maximum Gasteiger partial charge on any atom is 0.238 e.